The number of halogens is 2. The highest BCUT2D eigenvalue weighted by Crippen LogP contribution is 2.19. The molecule has 4 heteroatoms. The summed E-state index contributed by atoms with van der Waals surface area (Å²) in [4.78, 5) is 0. The van der Waals surface area contributed by atoms with Crippen molar-refractivity contribution in [2.75, 3.05) is 0 Å². The van der Waals surface area contributed by atoms with Crippen LogP contribution in [0.5, 0.6) is 0 Å². The third-order valence-corrected chi connectivity index (χ3v) is 2.08. The number of benzene rings is 1. The van der Waals surface area contributed by atoms with E-state index in [0.717, 1.165) is 0 Å². The van der Waals surface area contributed by atoms with Crippen LogP contribution in [0.4, 0.5) is 4.39 Å². The van der Waals surface area contributed by atoms with E-state index in [1.165, 1.54) is 12.1 Å². The normalized spacial score (nSPS) is 12.2. The van der Waals surface area contributed by atoms with E-state index in [0.29, 0.717) is 10.0 Å². The van der Waals surface area contributed by atoms with Gasteiger partial charge in [0.05, 0.1) is 10.5 Å². The molecular weight excluding hydrogens is 223 g/mol. The molecule has 0 fully saturated rings. The van der Waals surface area contributed by atoms with Gasteiger partial charge in [-0.1, -0.05) is 6.07 Å². The molecule has 0 aliphatic heterocycles. The van der Waals surface area contributed by atoms with E-state index >= 15 is 0 Å². The minimum Gasteiger partial charge on any atom is -0.312 e. The van der Waals surface area contributed by atoms with Crippen molar-refractivity contribution in [2.45, 2.75) is 6.04 Å². The van der Waals surface area contributed by atoms with Crippen LogP contribution < -0.4 is 5.73 Å². The molecule has 1 rings (SSSR count). The topological polar surface area (TPSA) is 49.8 Å². The summed E-state index contributed by atoms with van der Waals surface area (Å²) in [5.41, 5.74) is 5.85. The Bertz CT molecular complexity index is 332. The maximum absolute atomic E-state index is 12.9. The van der Waals surface area contributed by atoms with Gasteiger partial charge in [0, 0.05) is 0 Å². The van der Waals surface area contributed by atoms with E-state index in [-0.39, 0.29) is 0 Å². The Balaban J connectivity index is 3.06. The maximum Gasteiger partial charge on any atom is 0.137 e. The van der Waals surface area contributed by atoms with E-state index in [4.69, 9.17) is 11.0 Å². The largest absolute Gasteiger partial charge is 0.312 e. The lowest BCUT2D eigenvalue weighted by atomic mass is 10.1. The van der Waals surface area contributed by atoms with Crippen LogP contribution in [-0.4, -0.2) is 0 Å². The fraction of sp³-hybridized carbons (Fsp3) is 0.125. The molecule has 0 spiro atoms. The number of nitrogens with zero attached hydrogens (tertiary/aromatic N) is 1. The Kier molecular flexibility index (Phi) is 2.79. The molecular formula is C8H6BrFN2. The Morgan fingerprint density at radius 1 is 1.58 bits per heavy atom. The molecule has 2 nitrogen and oxygen atoms in total. The first-order valence-corrected chi connectivity index (χ1v) is 4.04. The van der Waals surface area contributed by atoms with Crippen LogP contribution in [-0.2, 0) is 0 Å². The van der Waals surface area contributed by atoms with Crippen LogP contribution in [0.2, 0.25) is 0 Å². The van der Waals surface area contributed by atoms with Crippen molar-refractivity contribution in [3.05, 3.63) is 34.1 Å². The Labute approximate surface area is 77.9 Å². The lowest BCUT2D eigenvalue weighted by Crippen LogP contribution is -2.07. The van der Waals surface area contributed by atoms with Crippen LogP contribution >= 0.6 is 15.9 Å². The van der Waals surface area contributed by atoms with Crippen molar-refractivity contribution in [3.8, 4) is 6.07 Å². The molecule has 0 saturated carbocycles. The zero-order valence-corrected chi connectivity index (χ0v) is 7.68. The van der Waals surface area contributed by atoms with Gasteiger partial charge in [0.1, 0.15) is 11.9 Å². The van der Waals surface area contributed by atoms with E-state index < -0.39 is 11.9 Å². The molecule has 1 atom stereocenters. The van der Waals surface area contributed by atoms with Gasteiger partial charge in [-0.15, -0.1) is 0 Å². The molecule has 0 amide bonds. The summed E-state index contributed by atoms with van der Waals surface area (Å²) in [5.74, 6) is -0.404. The molecule has 1 aromatic carbocycles. The number of nitrogens with two attached hydrogens (primary N) is 1. The molecule has 1 aromatic rings. The lowest BCUT2D eigenvalue weighted by Gasteiger charge is -2.02. The van der Waals surface area contributed by atoms with E-state index in [1.807, 2.05) is 6.07 Å². The second kappa shape index (κ2) is 3.65. The first kappa shape index (κ1) is 9.17. The van der Waals surface area contributed by atoms with Crippen LogP contribution in [0.25, 0.3) is 0 Å². The SMILES string of the molecule is N#C[C@H](N)c1ccc(Br)c(F)c1. The van der Waals surface area contributed by atoms with Gasteiger partial charge in [-0.25, -0.2) is 4.39 Å². The molecule has 0 aromatic heterocycles. The Hall–Kier alpha value is -0.920. The highest BCUT2D eigenvalue weighted by atomic mass is 79.9. The second-order valence-electron chi connectivity index (χ2n) is 2.28. The van der Waals surface area contributed by atoms with Crippen molar-refractivity contribution >= 4 is 15.9 Å². The molecule has 12 heavy (non-hydrogen) atoms. The van der Waals surface area contributed by atoms with Gasteiger partial charge in [-0.05, 0) is 33.6 Å². The minimum atomic E-state index is -0.757. The van der Waals surface area contributed by atoms with Crippen LogP contribution in [0.15, 0.2) is 22.7 Å². The van der Waals surface area contributed by atoms with Gasteiger partial charge in [0.2, 0.25) is 0 Å². The molecule has 0 radical (unpaired) electrons. The summed E-state index contributed by atoms with van der Waals surface area (Å²) in [6, 6.07) is 5.46. The highest BCUT2D eigenvalue weighted by molar-refractivity contribution is 9.10. The van der Waals surface area contributed by atoms with Gasteiger partial charge in [-0.2, -0.15) is 5.26 Å². The molecule has 0 aliphatic rings. The van der Waals surface area contributed by atoms with E-state index in [2.05, 4.69) is 15.9 Å². The molecule has 0 saturated heterocycles. The van der Waals surface area contributed by atoms with Gasteiger partial charge in [-0.3, -0.25) is 0 Å². The van der Waals surface area contributed by atoms with Crippen molar-refractivity contribution in [2.24, 2.45) is 5.73 Å². The first-order valence-electron chi connectivity index (χ1n) is 3.25. The van der Waals surface area contributed by atoms with Crippen molar-refractivity contribution in [1.82, 2.24) is 0 Å². The molecule has 62 valence electrons. The second-order valence-corrected chi connectivity index (χ2v) is 3.13. The van der Waals surface area contributed by atoms with Gasteiger partial charge < -0.3 is 5.73 Å². The quantitative estimate of drug-likeness (QED) is 0.801. The molecule has 2 N–H and O–H groups in total. The zero-order chi connectivity index (χ0) is 9.14. The summed E-state index contributed by atoms with van der Waals surface area (Å²) < 4.78 is 13.2. The lowest BCUT2D eigenvalue weighted by molar-refractivity contribution is 0.617. The van der Waals surface area contributed by atoms with Gasteiger partial charge in [0.15, 0.2) is 0 Å². The first-order chi connectivity index (χ1) is 5.65. The average molecular weight is 229 g/mol. The summed E-state index contributed by atoms with van der Waals surface area (Å²) >= 11 is 3.00. The minimum absolute atomic E-state index is 0.372. The molecule has 0 aliphatic carbocycles. The van der Waals surface area contributed by atoms with Crippen LogP contribution in [0.1, 0.15) is 11.6 Å². The average Bonchev–Trinajstić information content (AvgIpc) is 2.08. The van der Waals surface area contributed by atoms with Gasteiger partial charge in [0.25, 0.3) is 0 Å². The van der Waals surface area contributed by atoms with E-state index in [1.54, 1.807) is 6.07 Å². The monoisotopic (exact) mass is 228 g/mol. The predicted octanol–water partition coefficient (Wildman–Crippen LogP) is 2.11. The van der Waals surface area contributed by atoms with E-state index in [9.17, 15) is 4.39 Å². The summed E-state index contributed by atoms with van der Waals surface area (Å²) in [7, 11) is 0. The Morgan fingerprint density at radius 2 is 2.25 bits per heavy atom. The van der Waals surface area contributed by atoms with Crippen LogP contribution in [0, 0.1) is 17.1 Å². The fourth-order valence-electron chi connectivity index (χ4n) is 0.780. The Morgan fingerprint density at radius 3 is 2.75 bits per heavy atom. The standard InChI is InChI=1S/C8H6BrFN2/c9-6-2-1-5(3-7(6)10)8(12)4-11/h1-3,8H,12H2/t8-/m0/s1. The number of hydrogen-bond acceptors (Lipinski definition) is 2. The van der Waals surface area contributed by atoms with Gasteiger partial charge >= 0.3 is 0 Å². The third-order valence-electron chi connectivity index (χ3n) is 1.44. The fourth-order valence-corrected chi connectivity index (χ4v) is 1.03. The summed E-state index contributed by atoms with van der Waals surface area (Å²) in [6.45, 7) is 0. The zero-order valence-electron chi connectivity index (χ0n) is 6.09. The smallest absolute Gasteiger partial charge is 0.137 e. The maximum atomic E-state index is 12.9. The summed E-state index contributed by atoms with van der Waals surface area (Å²) in [5, 5.41) is 8.44. The number of nitriles is 1. The van der Waals surface area contributed by atoms with Crippen molar-refractivity contribution in [1.29, 1.82) is 5.26 Å². The van der Waals surface area contributed by atoms with Crippen LogP contribution in [0.3, 0.4) is 0 Å². The highest BCUT2D eigenvalue weighted by Gasteiger charge is 2.06. The number of rotatable bonds is 1. The van der Waals surface area contributed by atoms with Crippen molar-refractivity contribution < 1.29 is 4.39 Å². The summed E-state index contributed by atoms with van der Waals surface area (Å²) in [6.07, 6.45) is 0. The molecule has 0 bridgehead atoms. The third kappa shape index (κ3) is 1.81. The predicted molar refractivity (Wildman–Crippen MR) is 46.6 cm³/mol. The van der Waals surface area contributed by atoms with Crippen molar-refractivity contribution in [3.63, 3.8) is 0 Å². The molecule has 0 unspecified atom stereocenters. The molecule has 0 heterocycles. The number of hydrogen-bond donors (Lipinski definition) is 1.